The molecular formula is C10H18F2N2. The van der Waals surface area contributed by atoms with Gasteiger partial charge in [0.25, 0.3) is 5.92 Å². The molecule has 2 N–H and O–H groups in total. The van der Waals surface area contributed by atoms with Crippen LogP contribution in [-0.4, -0.2) is 31.6 Å². The highest BCUT2D eigenvalue weighted by Crippen LogP contribution is 2.39. The van der Waals surface area contributed by atoms with E-state index in [4.69, 9.17) is 0 Å². The zero-order valence-electron chi connectivity index (χ0n) is 8.36. The molecule has 0 bridgehead atoms. The largest absolute Gasteiger partial charge is 0.315 e. The van der Waals surface area contributed by atoms with Gasteiger partial charge in [-0.1, -0.05) is 0 Å². The first kappa shape index (κ1) is 10.3. The van der Waals surface area contributed by atoms with Crippen molar-refractivity contribution in [2.24, 2.45) is 5.92 Å². The van der Waals surface area contributed by atoms with Crippen LogP contribution in [0.5, 0.6) is 0 Å². The third kappa shape index (κ3) is 2.23. The van der Waals surface area contributed by atoms with Gasteiger partial charge in [0, 0.05) is 31.5 Å². The lowest BCUT2D eigenvalue weighted by Gasteiger charge is -2.21. The van der Waals surface area contributed by atoms with Crippen LogP contribution in [0.25, 0.3) is 0 Å². The van der Waals surface area contributed by atoms with Crippen molar-refractivity contribution in [3.05, 3.63) is 0 Å². The highest BCUT2D eigenvalue weighted by atomic mass is 19.3. The molecule has 1 saturated carbocycles. The maximum absolute atomic E-state index is 13.2. The zero-order chi connectivity index (χ0) is 10.0. The van der Waals surface area contributed by atoms with E-state index in [1.54, 1.807) is 0 Å². The second kappa shape index (κ2) is 4.11. The van der Waals surface area contributed by atoms with Crippen molar-refractivity contribution in [2.75, 3.05) is 19.6 Å². The van der Waals surface area contributed by atoms with Crippen molar-refractivity contribution < 1.29 is 8.78 Å². The zero-order valence-corrected chi connectivity index (χ0v) is 8.36. The Kier molecular flexibility index (Phi) is 3.02. The molecule has 2 atom stereocenters. The van der Waals surface area contributed by atoms with E-state index in [1.165, 1.54) is 0 Å². The molecule has 0 aromatic carbocycles. The van der Waals surface area contributed by atoms with Crippen molar-refractivity contribution in [3.8, 4) is 0 Å². The number of alkyl halides is 2. The van der Waals surface area contributed by atoms with Crippen LogP contribution >= 0.6 is 0 Å². The van der Waals surface area contributed by atoms with Crippen LogP contribution in [-0.2, 0) is 0 Å². The molecule has 2 rings (SSSR count). The van der Waals surface area contributed by atoms with Gasteiger partial charge in [-0.15, -0.1) is 0 Å². The van der Waals surface area contributed by atoms with E-state index in [9.17, 15) is 8.78 Å². The van der Waals surface area contributed by atoms with Crippen molar-refractivity contribution >= 4 is 0 Å². The first-order chi connectivity index (χ1) is 6.68. The Morgan fingerprint density at radius 2 is 2.21 bits per heavy atom. The highest BCUT2D eigenvalue weighted by molar-refractivity contribution is 4.87. The first-order valence-corrected chi connectivity index (χ1v) is 5.50. The van der Waals surface area contributed by atoms with E-state index in [1.807, 2.05) is 0 Å². The predicted octanol–water partition coefficient (Wildman–Crippen LogP) is 1.37. The van der Waals surface area contributed by atoms with E-state index in [0.717, 1.165) is 19.5 Å². The average molecular weight is 204 g/mol. The van der Waals surface area contributed by atoms with Crippen LogP contribution in [0.15, 0.2) is 0 Å². The van der Waals surface area contributed by atoms with Gasteiger partial charge >= 0.3 is 0 Å². The highest BCUT2D eigenvalue weighted by Gasteiger charge is 2.43. The van der Waals surface area contributed by atoms with Crippen LogP contribution in [0.4, 0.5) is 8.78 Å². The smallest absolute Gasteiger partial charge is 0.252 e. The second-order valence-electron chi connectivity index (χ2n) is 4.45. The molecule has 0 aromatic rings. The van der Waals surface area contributed by atoms with Crippen molar-refractivity contribution in [1.82, 2.24) is 10.6 Å². The summed E-state index contributed by atoms with van der Waals surface area (Å²) in [4.78, 5) is 0. The summed E-state index contributed by atoms with van der Waals surface area (Å²) in [5.41, 5.74) is 0. The molecule has 2 nitrogen and oxygen atoms in total. The lowest BCUT2D eigenvalue weighted by atomic mass is 10.0. The Bertz CT molecular complexity index is 191. The van der Waals surface area contributed by atoms with Crippen molar-refractivity contribution in [1.29, 1.82) is 0 Å². The van der Waals surface area contributed by atoms with Gasteiger partial charge in [0.1, 0.15) is 0 Å². The lowest BCUT2D eigenvalue weighted by molar-refractivity contribution is -0.0364. The standard InChI is InChI=1S/C10H18F2N2/c11-10(12)4-1-2-8(10)6-14-9-3-5-13-7-9/h8-9,13-14H,1-7H2/t8?,9-/m0/s1. The van der Waals surface area contributed by atoms with Crippen LogP contribution in [0.1, 0.15) is 25.7 Å². The molecule has 1 aliphatic carbocycles. The van der Waals surface area contributed by atoms with Crippen molar-refractivity contribution in [3.63, 3.8) is 0 Å². The first-order valence-electron chi connectivity index (χ1n) is 5.50. The molecule has 1 aliphatic heterocycles. The summed E-state index contributed by atoms with van der Waals surface area (Å²) in [5, 5.41) is 6.46. The summed E-state index contributed by atoms with van der Waals surface area (Å²) in [5.74, 6) is -2.85. The van der Waals surface area contributed by atoms with Gasteiger partial charge in [0.2, 0.25) is 0 Å². The number of hydrogen-bond donors (Lipinski definition) is 2. The third-order valence-corrected chi connectivity index (χ3v) is 3.37. The maximum atomic E-state index is 13.2. The molecule has 0 radical (unpaired) electrons. The monoisotopic (exact) mass is 204 g/mol. The van der Waals surface area contributed by atoms with Crippen LogP contribution < -0.4 is 10.6 Å². The average Bonchev–Trinajstić information content (AvgIpc) is 2.71. The summed E-state index contributed by atoms with van der Waals surface area (Å²) in [7, 11) is 0. The molecule has 1 heterocycles. The Morgan fingerprint density at radius 1 is 1.36 bits per heavy atom. The van der Waals surface area contributed by atoms with E-state index in [-0.39, 0.29) is 6.42 Å². The molecule has 0 aromatic heterocycles. The Hall–Kier alpha value is -0.220. The van der Waals surface area contributed by atoms with E-state index in [2.05, 4.69) is 10.6 Å². The van der Waals surface area contributed by atoms with Crippen molar-refractivity contribution in [2.45, 2.75) is 37.6 Å². The number of hydrogen-bond acceptors (Lipinski definition) is 2. The minimum Gasteiger partial charge on any atom is -0.315 e. The van der Waals surface area contributed by atoms with Gasteiger partial charge in [0.15, 0.2) is 0 Å². The van der Waals surface area contributed by atoms with Gasteiger partial charge < -0.3 is 10.6 Å². The molecule has 1 unspecified atom stereocenters. The summed E-state index contributed by atoms with van der Waals surface area (Å²) in [6.07, 6.45) is 2.52. The molecule has 1 saturated heterocycles. The van der Waals surface area contributed by atoms with Gasteiger partial charge in [-0.05, 0) is 25.8 Å². The molecule has 0 amide bonds. The molecule has 14 heavy (non-hydrogen) atoms. The Balaban J connectivity index is 1.74. The normalized spacial score (nSPS) is 36.4. The quantitative estimate of drug-likeness (QED) is 0.725. The second-order valence-corrected chi connectivity index (χ2v) is 4.45. The Morgan fingerprint density at radius 3 is 2.79 bits per heavy atom. The van der Waals surface area contributed by atoms with E-state index < -0.39 is 11.8 Å². The fraction of sp³-hybridized carbons (Fsp3) is 1.00. The van der Waals surface area contributed by atoms with Gasteiger partial charge in [0.05, 0.1) is 0 Å². The molecule has 2 fully saturated rings. The maximum Gasteiger partial charge on any atom is 0.252 e. The van der Waals surface area contributed by atoms with Crippen LogP contribution in [0, 0.1) is 5.92 Å². The van der Waals surface area contributed by atoms with Gasteiger partial charge in [-0.2, -0.15) is 0 Å². The molecule has 82 valence electrons. The summed E-state index contributed by atoms with van der Waals surface area (Å²) in [6, 6.07) is 0.409. The summed E-state index contributed by atoms with van der Waals surface area (Å²) < 4.78 is 26.5. The molecule has 2 aliphatic rings. The fourth-order valence-electron chi connectivity index (χ4n) is 2.39. The summed E-state index contributed by atoms with van der Waals surface area (Å²) in [6.45, 7) is 2.43. The summed E-state index contributed by atoms with van der Waals surface area (Å²) >= 11 is 0. The predicted molar refractivity (Wildman–Crippen MR) is 51.6 cm³/mol. The van der Waals surface area contributed by atoms with Crippen LogP contribution in [0.2, 0.25) is 0 Å². The number of halogens is 2. The SMILES string of the molecule is FC1(F)CCCC1CN[C@H]1CCNC1. The van der Waals surface area contributed by atoms with E-state index >= 15 is 0 Å². The van der Waals surface area contributed by atoms with Gasteiger partial charge in [-0.25, -0.2) is 8.78 Å². The minimum atomic E-state index is -2.42. The van der Waals surface area contributed by atoms with Crippen LogP contribution in [0.3, 0.4) is 0 Å². The fourth-order valence-corrected chi connectivity index (χ4v) is 2.39. The van der Waals surface area contributed by atoms with E-state index in [0.29, 0.717) is 25.4 Å². The third-order valence-electron chi connectivity index (χ3n) is 3.37. The van der Waals surface area contributed by atoms with Gasteiger partial charge in [-0.3, -0.25) is 0 Å². The molecular weight excluding hydrogens is 186 g/mol. The topological polar surface area (TPSA) is 24.1 Å². The lowest BCUT2D eigenvalue weighted by Crippen LogP contribution is -2.38. The molecule has 0 spiro atoms. The Labute approximate surface area is 83.4 Å². The minimum absolute atomic E-state index is 0.0856. The number of rotatable bonds is 3. The molecule has 4 heteroatoms. The number of nitrogens with one attached hydrogen (secondary N) is 2.